The lowest BCUT2D eigenvalue weighted by molar-refractivity contribution is 0.103. The van der Waals surface area contributed by atoms with Crippen molar-refractivity contribution in [1.29, 1.82) is 5.26 Å². The largest absolute Gasteiger partial charge is 0.380 e. The molecule has 0 atom stereocenters. The number of para-hydroxylation sites is 1. The molecule has 0 saturated carbocycles. The average Bonchev–Trinajstić information content (AvgIpc) is 3.48. The van der Waals surface area contributed by atoms with Crippen LogP contribution >= 0.6 is 11.3 Å². The number of hydrogen-bond acceptors (Lipinski definition) is 7. The molecule has 2 aromatic heterocycles. The number of likely N-dealkylation sites (N-methyl/N-ethyl adjacent to an activating group) is 1. The van der Waals surface area contributed by atoms with Crippen molar-refractivity contribution >= 4 is 51.2 Å². The smallest absolute Gasteiger partial charge is 0.268 e. The van der Waals surface area contributed by atoms with Gasteiger partial charge in [0.1, 0.15) is 16.3 Å². The van der Waals surface area contributed by atoms with Crippen LogP contribution in [-0.4, -0.2) is 59.9 Å². The van der Waals surface area contributed by atoms with E-state index in [-0.39, 0.29) is 10.8 Å². The third kappa shape index (κ3) is 5.86. The number of guanidine groups is 1. The lowest BCUT2D eigenvalue weighted by Crippen LogP contribution is -2.49. The Morgan fingerprint density at radius 1 is 1.05 bits per heavy atom. The lowest BCUT2D eigenvalue weighted by Gasteiger charge is -2.34. The molecule has 42 heavy (non-hydrogen) atoms. The zero-order valence-electron chi connectivity index (χ0n) is 22.8. The number of thiophene rings is 1. The summed E-state index contributed by atoms with van der Waals surface area (Å²) in [6.07, 6.45) is 3.34. The van der Waals surface area contributed by atoms with Crippen molar-refractivity contribution in [1.82, 2.24) is 14.8 Å². The summed E-state index contributed by atoms with van der Waals surface area (Å²) >= 11 is 1.09. The second-order valence-corrected chi connectivity index (χ2v) is 10.6. The molecule has 0 radical (unpaired) electrons. The first-order chi connectivity index (χ1) is 20.3. The number of nitriles is 1. The van der Waals surface area contributed by atoms with Crippen molar-refractivity contribution in [3.8, 4) is 6.19 Å². The number of carbonyl (C=O) groups is 1. The van der Waals surface area contributed by atoms with Crippen LogP contribution in [0.2, 0.25) is 0 Å². The van der Waals surface area contributed by atoms with Crippen molar-refractivity contribution in [3.63, 3.8) is 0 Å². The van der Waals surface area contributed by atoms with Gasteiger partial charge in [0.2, 0.25) is 12.2 Å². The van der Waals surface area contributed by atoms with Gasteiger partial charge in [0.25, 0.3) is 5.91 Å². The number of aromatic nitrogens is 1. The first-order valence-corrected chi connectivity index (χ1v) is 14.0. The van der Waals surface area contributed by atoms with Gasteiger partial charge in [-0.1, -0.05) is 18.2 Å². The number of anilines is 3. The number of halogens is 3. The minimum absolute atomic E-state index is 0.0694. The summed E-state index contributed by atoms with van der Waals surface area (Å²) in [5.41, 5.74) is 0.225. The molecule has 3 N–H and O–H groups in total. The van der Waals surface area contributed by atoms with Crippen molar-refractivity contribution in [2.24, 2.45) is 4.99 Å². The van der Waals surface area contributed by atoms with Crippen molar-refractivity contribution in [2.45, 2.75) is 13.5 Å². The van der Waals surface area contributed by atoms with Crippen LogP contribution in [0.4, 0.5) is 30.2 Å². The van der Waals surface area contributed by atoms with Crippen LogP contribution < -0.4 is 16.0 Å². The molecule has 5 rings (SSSR count). The molecule has 9 nitrogen and oxygen atoms in total. The van der Waals surface area contributed by atoms with E-state index in [1.165, 1.54) is 0 Å². The molecular formula is C29H27F3N8OS. The van der Waals surface area contributed by atoms with E-state index < -0.39 is 40.3 Å². The van der Waals surface area contributed by atoms with Gasteiger partial charge in [-0.2, -0.15) is 5.26 Å². The fourth-order valence-corrected chi connectivity index (χ4v) is 5.42. The highest BCUT2D eigenvalue weighted by Gasteiger charge is 2.28. The number of nitrogens with one attached hydrogen (secondary N) is 3. The molecule has 3 heterocycles. The van der Waals surface area contributed by atoms with Crippen molar-refractivity contribution < 1.29 is 18.0 Å². The van der Waals surface area contributed by atoms with E-state index in [2.05, 4.69) is 30.8 Å². The van der Waals surface area contributed by atoms with Crippen LogP contribution in [0.3, 0.4) is 0 Å². The molecule has 216 valence electrons. The molecule has 1 amide bonds. The summed E-state index contributed by atoms with van der Waals surface area (Å²) in [5.74, 6) is -4.62. The van der Waals surface area contributed by atoms with Crippen LogP contribution in [0.25, 0.3) is 10.9 Å². The third-order valence-corrected chi connectivity index (χ3v) is 7.96. The number of aliphatic imine (C=N–C) groups is 1. The average molecular weight is 593 g/mol. The maximum absolute atomic E-state index is 15.7. The van der Waals surface area contributed by atoms with E-state index in [9.17, 15) is 10.1 Å². The number of rotatable bonds is 6. The highest BCUT2D eigenvalue weighted by Crippen LogP contribution is 2.34. The topological polar surface area (TPSA) is 109 Å². The molecule has 0 aliphatic carbocycles. The number of nitrogens with zero attached hydrogens (tertiary/aromatic N) is 5. The van der Waals surface area contributed by atoms with Gasteiger partial charge in [0.05, 0.1) is 11.2 Å². The quantitative estimate of drug-likeness (QED) is 0.157. The fraction of sp³-hybridized carbons (Fsp3) is 0.241. The summed E-state index contributed by atoms with van der Waals surface area (Å²) in [4.78, 5) is 25.2. The Morgan fingerprint density at radius 2 is 1.76 bits per heavy atom. The van der Waals surface area contributed by atoms with E-state index >= 15 is 13.2 Å². The summed E-state index contributed by atoms with van der Waals surface area (Å²) < 4.78 is 46.0. The number of amides is 1. The van der Waals surface area contributed by atoms with Crippen molar-refractivity contribution in [3.05, 3.63) is 81.4 Å². The molecule has 13 heteroatoms. The summed E-state index contributed by atoms with van der Waals surface area (Å²) in [7, 11) is 1.93. The monoisotopic (exact) mass is 592 g/mol. The van der Waals surface area contributed by atoms with Gasteiger partial charge in [0.15, 0.2) is 17.5 Å². The SMILES string of the molecule is Cc1c(F)c(NC(=O)c2sccc2NCc2ccnc3ccccc23)c(F)c(NC(=NC#N)N2CCN(C)CC2)c1F. The van der Waals surface area contributed by atoms with Crippen LogP contribution in [0.5, 0.6) is 0 Å². The minimum atomic E-state index is -1.35. The molecule has 4 aromatic rings. The Bertz CT molecular complexity index is 1700. The number of fused-ring (bicyclic) bond motifs is 1. The van der Waals surface area contributed by atoms with Gasteiger partial charge in [-0.05, 0) is 43.1 Å². The Hall–Kier alpha value is -4.67. The first-order valence-electron chi connectivity index (χ1n) is 13.1. The van der Waals surface area contributed by atoms with Crippen LogP contribution in [-0.2, 0) is 6.54 Å². The first kappa shape index (κ1) is 28.8. The molecular weight excluding hydrogens is 565 g/mol. The van der Waals surface area contributed by atoms with Gasteiger partial charge >= 0.3 is 0 Å². The molecule has 1 saturated heterocycles. The van der Waals surface area contributed by atoms with E-state index in [0.717, 1.165) is 34.7 Å². The molecule has 1 aliphatic heterocycles. The zero-order chi connectivity index (χ0) is 29.8. The van der Waals surface area contributed by atoms with E-state index in [0.29, 0.717) is 38.4 Å². The van der Waals surface area contributed by atoms with E-state index in [1.54, 1.807) is 28.7 Å². The molecule has 0 spiro atoms. The van der Waals surface area contributed by atoms with Gasteiger partial charge in [-0.3, -0.25) is 9.78 Å². The lowest BCUT2D eigenvalue weighted by atomic mass is 10.1. The number of benzene rings is 2. The van der Waals surface area contributed by atoms with Gasteiger partial charge < -0.3 is 25.8 Å². The van der Waals surface area contributed by atoms with Crippen LogP contribution in [0, 0.1) is 35.8 Å². The molecule has 0 bridgehead atoms. The number of hydrogen-bond donors (Lipinski definition) is 3. The van der Waals surface area contributed by atoms with Gasteiger partial charge in [0, 0.05) is 49.9 Å². The second kappa shape index (κ2) is 12.5. The van der Waals surface area contributed by atoms with E-state index in [4.69, 9.17) is 0 Å². The molecule has 2 aromatic carbocycles. The molecule has 1 fully saturated rings. The van der Waals surface area contributed by atoms with Crippen LogP contribution in [0.15, 0.2) is 53.0 Å². The summed E-state index contributed by atoms with van der Waals surface area (Å²) in [6.45, 7) is 3.73. The van der Waals surface area contributed by atoms with Gasteiger partial charge in [-0.25, -0.2) is 13.2 Å². The Kier molecular flexibility index (Phi) is 8.56. The van der Waals surface area contributed by atoms with E-state index in [1.807, 2.05) is 37.4 Å². The highest BCUT2D eigenvalue weighted by atomic mass is 32.1. The summed E-state index contributed by atoms with van der Waals surface area (Å²) in [6, 6.07) is 11.2. The highest BCUT2D eigenvalue weighted by molar-refractivity contribution is 7.12. The standard InChI is InChI=1S/C29H27F3N8OS/c1-17-22(30)25(24(32)26(23(17)31)38-29(36-16-33)40-12-10-39(2)11-13-40)37-28(41)27-21(8-14-42-27)35-15-18-7-9-34-20-6-4-3-5-19(18)20/h3-9,14,35H,10-13,15H2,1-2H3,(H,36,38)(H,37,41). The minimum Gasteiger partial charge on any atom is -0.380 e. The Labute approximate surface area is 244 Å². The maximum Gasteiger partial charge on any atom is 0.268 e. The third-order valence-electron chi connectivity index (χ3n) is 7.05. The Balaban J connectivity index is 1.38. The summed E-state index contributed by atoms with van der Waals surface area (Å²) in [5, 5.41) is 19.9. The maximum atomic E-state index is 15.7. The van der Waals surface area contributed by atoms with Crippen LogP contribution in [0.1, 0.15) is 20.8 Å². The predicted octanol–water partition coefficient (Wildman–Crippen LogP) is 5.38. The number of piperazine rings is 1. The zero-order valence-corrected chi connectivity index (χ0v) is 23.7. The fourth-order valence-electron chi connectivity index (χ4n) is 4.66. The molecule has 0 unspecified atom stereocenters. The number of carbonyl (C=O) groups excluding carboxylic acids is 1. The number of pyridine rings is 1. The van der Waals surface area contributed by atoms with Gasteiger partial charge in [-0.15, -0.1) is 16.3 Å². The molecule has 1 aliphatic rings. The normalized spacial score (nSPS) is 14.1. The second-order valence-electron chi connectivity index (χ2n) is 9.73. The van der Waals surface area contributed by atoms with Crippen molar-refractivity contribution in [2.75, 3.05) is 49.2 Å². The Morgan fingerprint density at radius 3 is 2.50 bits per heavy atom. The predicted molar refractivity (Wildman–Crippen MR) is 158 cm³/mol.